The molecular formula is C17H29NO4. The van der Waals surface area contributed by atoms with Crippen molar-refractivity contribution in [1.82, 2.24) is 5.32 Å². The largest absolute Gasteiger partial charge is 0.462 e. The van der Waals surface area contributed by atoms with Crippen LogP contribution in [-0.2, 0) is 19.1 Å². The molecule has 0 spiro atoms. The fraction of sp³-hybridized carbons (Fsp3) is 0.882. The highest BCUT2D eigenvalue weighted by Crippen LogP contribution is 2.25. The van der Waals surface area contributed by atoms with Crippen LogP contribution in [0.25, 0.3) is 0 Å². The minimum absolute atomic E-state index is 0.0380. The van der Waals surface area contributed by atoms with Gasteiger partial charge in [0.2, 0.25) is 5.91 Å². The van der Waals surface area contributed by atoms with Crippen molar-refractivity contribution < 1.29 is 19.1 Å². The molecule has 3 atom stereocenters. The first-order chi connectivity index (χ1) is 10.6. The van der Waals surface area contributed by atoms with Gasteiger partial charge in [0, 0.05) is 25.5 Å². The third kappa shape index (κ3) is 5.27. The van der Waals surface area contributed by atoms with Crippen molar-refractivity contribution in [2.45, 2.75) is 83.0 Å². The molecule has 2 fully saturated rings. The molecule has 0 heterocycles. The Morgan fingerprint density at radius 3 is 2.45 bits per heavy atom. The number of amides is 1. The van der Waals surface area contributed by atoms with Crippen molar-refractivity contribution in [2.24, 2.45) is 5.92 Å². The summed E-state index contributed by atoms with van der Waals surface area (Å²) in [5, 5.41) is 2.95. The third-order valence-corrected chi connectivity index (χ3v) is 4.80. The van der Waals surface area contributed by atoms with Crippen molar-refractivity contribution in [2.75, 3.05) is 7.11 Å². The Hall–Kier alpha value is -1.10. The van der Waals surface area contributed by atoms with Crippen LogP contribution < -0.4 is 5.32 Å². The number of methoxy groups -OCH3 is 1. The van der Waals surface area contributed by atoms with Gasteiger partial charge in [0.05, 0.1) is 12.5 Å². The van der Waals surface area contributed by atoms with Crippen LogP contribution in [0.2, 0.25) is 0 Å². The summed E-state index contributed by atoms with van der Waals surface area (Å²) in [6.45, 7) is 1.87. The van der Waals surface area contributed by atoms with Crippen LogP contribution in [0.15, 0.2) is 0 Å². The topological polar surface area (TPSA) is 64.6 Å². The first kappa shape index (κ1) is 17.3. The molecule has 0 aromatic rings. The molecule has 0 bridgehead atoms. The third-order valence-electron chi connectivity index (χ3n) is 4.80. The van der Waals surface area contributed by atoms with E-state index in [9.17, 15) is 9.59 Å². The number of carbonyl (C=O) groups is 2. The molecule has 0 radical (unpaired) electrons. The van der Waals surface area contributed by atoms with Crippen molar-refractivity contribution in [3.63, 3.8) is 0 Å². The first-order valence-corrected chi connectivity index (χ1v) is 8.61. The highest BCUT2D eigenvalue weighted by atomic mass is 16.5. The lowest BCUT2D eigenvalue weighted by Crippen LogP contribution is -2.38. The van der Waals surface area contributed by atoms with Gasteiger partial charge in [-0.2, -0.15) is 0 Å². The van der Waals surface area contributed by atoms with E-state index in [1.165, 1.54) is 0 Å². The molecular weight excluding hydrogens is 282 g/mol. The Bertz CT molecular complexity index is 379. The first-order valence-electron chi connectivity index (χ1n) is 8.61. The maximum absolute atomic E-state index is 12.0. The molecule has 126 valence electrons. The average molecular weight is 311 g/mol. The molecule has 0 aliphatic heterocycles. The zero-order chi connectivity index (χ0) is 15.9. The van der Waals surface area contributed by atoms with E-state index in [1.807, 2.05) is 6.92 Å². The van der Waals surface area contributed by atoms with Crippen LogP contribution in [0.4, 0.5) is 0 Å². The predicted molar refractivity (Wildman–Crippen MR) is 83.3 cm³/mol. The van der Waals surface area contributed by atoms with Gasteiger partial charge in [0.25, 0.3) is 0 Å². The summed E-state index contributed by atoms with van der Waals surface area (Å²) in [7, 11) is 1.70. The lowest BCUT2D eigenvalue weighted by molar-refractivity contribution is -0.153. The minimum atomic E-state index is -0.221. The second kappa shape index (κ2) is 8.51. The van der Waals surface area contributed by atoms with E-state index in [4.69, 9.17) is 9.47 Å². The van der Waals surface area contributed by atoms with E-state index in [1.54, 1.807) is 7.11 Å². The summed E-state index contributed by atoms with van der Waals surface area (Å²) in [5.74, 6) is 0.00941. The number of nitrogens with one attached hydrogen (secondary N) is 1. The van der Waals surface area contributed by atoms with Crippen molar-refractivity contribution in [3.8, 4) is 0 Å². The highest BCUT2D eigenvalue weighted by molar-refractivity contribution is 5.80. The standard InChI is InChI=1S/C17H29NO4/c1-12(18-17(20)13-6-3-4-7-13)10-16(19)22-15-9-5-8-14(11-15)21-2/h12-15H,3-11H2,1-2H3,(H,18,20)/t12-,14-,15+/m1/s1. The molecule has 2 aliphatic rings. The van der Waals surface area contributed by atoms with Gasteiger partial charge >= 0.3 is 5.97 Å². The van der Waals surface area contributed by atoms with E-state index in [0.29, 0.717) is 0 Å². The summed E-state index contributed by atoms with van der Waals surface area (Å²) in [5.41, 5.74) is 0. The van der Waals surface area contributed by atoms with Gasteiger partial charge in [-0.3, -0.25) is 9.59 Å². The summed E-state index contributed by atoms with van der Waals surface area (Å²) in [6, 6.07) is -0.164. The Morgan fingerprint density at radius 2 is 1.77 bits per heavy atom. The minimum Gasteiger partial charge on any atom is -0.462 e. The summed E-state index contributed by atoms with van der Waals surface area (Å²) < 4.78 is 10.9. The molecule has 0 aromatic heterocycles. The lowest BCUT2D eigenvalue weighted by atomic mass is 9.95. The SMILES string of the molecule is CO[C@@H]1CCC[C@H](OC(=O)C[C@@H](C)NC(=O)C2CCCC2)C1. The molecule has 5 nitrogen and oxygen atoms in total. The Morgan fingerprint density at radius 1 is 1.09 bits per heavy atom. The molecule has 1 N–H and O–H groups in total. The number of carbonyl (C=O) groups excluding carboxylic acids is 2. The van der Waals surface area contributed by atoms with Gasteiger partial charge < -0.3 is 14.8 Å². The molecule has 2 rings (SSSR count). The number of ether oxygens (including phenoxy) is 2. The van der Waals surface area contributed by atoms with Crippen molar-refractivity contribution >= 4 is 11.9 Å². The van der Waals surface area contributed by atoms with Gasteiger partial charge in [-0.05, 0) is 39.0 Å². The molecule has 2 aliphatic carbocycles. The second-order valence-corrected chi connectivity index (χ2v) is 6.73. The molecule has 2 saturated carbocycles. The maximum atomic E-state index is 12.0. The van der Waals surface area contributed by atoms with Crippen LogP contribution >= 0.6 is 0 Å². The summed E-state index contributed by atoms with van der Waals surface area (Å²) >= 11 is 0. The molecule has 0 unspecified atom stereocenters. The van der Waals surface area contributed by atoms with E-state index in [2.05, 4.69) is 5.32 Å². The Balaban J connectivity index is 1.68. The predicted octanol–water partition coefficient (Wildman–Crippen LogP) is 2.57. The van der Waals surface area contributed by atoms with Crippen molar-refractivity contribution in [3.05, 3.63) is 0 Å². The fourth-order valence-electron chi connectivity index (χ4n) is 3.51. The normalized spacial score (nSPS) is 27.4. The van der Waals surface area contributed by atoms with E-state index in [-0.39, 0.29) is 42.5 Å². The number of esters is 1. The van der Waals surface area contributed by atoms with Gasteiger partial charge in [0.1, 0.15) is 6.10 Å². The highest BCUT2D eigenvalue weighted by Gasteiger charge is 2.27. The Labute approximate surface area is 133 Å². The van der Waals surface area contributed by atoms with E-state index >= 15 is 0 Å². The van der Waals surface area contributed by atoms with Crippen molar-refractivity contribution in [1.29, 1.82) is 0 Å². The smallest absolute Gasteiger partial charge is 0.308 e. The zero-order valence-corrected chi connectivity index (χ0v) is 13.8. The molecule has 0 aromatic carbocycles. The van der Waals surface area contributed by atoms with E-state index < -0.39 is 0 Å². The summed E-state index contributed by atoms with van der Waals surface area (Å²) in [6.07, 6.45) is 8.39. The zero-order valence-electron chi connectivity index (χ0n) is 13.8. The number of hydrogen-bond acceptors (Lipinski definition) is 4. The molecule has 22 heavy (non-hydrogen) atoms. The maximum Gasteiger partial charge on any atom is 0.308 e. The number of rotatable bonds is 6. The van der Waals surface area contributed by atoms with Crippen LogP contribution in [0.5, 0.6) is 0 Å². The monoisotopic (exact) mass is 311 g/mol. The van der Waals surface area contributed by atoms with Crippen LogP contribution in [-0.4, -0.2) is 37.2 Å². The van der Waals surface area contributed by atoms with E-state index in [0.717, 1.165) is 51.4 Å². The number of hydrogen-bond donors (Lipinski definition) is 1. The molecule has 1 amide bonds. The lowest BCUT2D eigenvalue weighted by Gasteiger charge is -2.28. The molecule has 5 heteroatoms. The van der Waals surface area contributed by atoms with Crippen LogP contribution in [0, 0.1) is 5.92 Å². The van der Waals surface area contributed by atoms with Gasteiger partial charge in [-0.25, -0.2) is 0 Å². The fourth-order valence-corrected chi connectivity index (χ4v) is 3.51. The quantitative estimate of drug-likeness (QED) is 0.766. The second-order valence-electron chi connectivity index (χ2n) is 6.73. The van der Waals surface area contributed by atoms with Gasteiger partial charge in [-0.1, -0.05) is 12.8 Å². The Kier molecular flexibility index (Phi) is 6.68. The van der Waals surface area contributed by atoms with Crippen LogP contribution in [0.1, 0.15) is 64.7 Å². The average Bonchev–Trinajstić information content (AvgIpc) is 3.01. The molecule has 0 saturated heterocycles. The summed E-state index contributed by atoms with van der Waals surface area (Å²) in [4.78, 5) is 24.0. The van der Waals surface area contributed by atoms with Gasteiger partial charge in [-0.15, -0.1) is 0 Å². The van der Waals surface area contributed by atoms with Crippen LogP contribution in [0.3, 0.4) is 0 Å². The van der Waals surface area contributed by atoms with Gasteiger partial charge in [0.15, 0.2) is 0 Å².